The second kappa shape index (κ2) is 15.8. The molecular weight excluding hydrogens is 662 g/mol. The molecular formula is C41H47N3O8. The summed E-state index contributed by atoms with van der Waals surface area (Å²) in [7, 11) is 1.50. The zero-order valence-corrected chi connectivity index (χ0v) is 29.7. The normalized spacial score (nSPS) is 24.9. The number of likely N-dealkylation sites (tertiary alicyclic amines) is 1. The number of benzene rings is 3. The minimum atomic E-state index is -1.32. The minimum absolute atomic E-state index is 0.0514. The van der Waals surface area contributed by atoms with Gasteiger partial charge in [-0.15, -0.1) is 13.2 Å². The van der Waals surface area contributed by atoms with Crippen LogP contribution in [0.5, 0.6) is 0 Å². The van der Waals surface area contributed by atoms with Crippen molar-refractivity contribution >= 4 is 40.2 Å². The smallest absolute Gasteiger partial charge is 0.313 e. The van der Waals surface area contributed by atoms with Gasteiger partial charge in [-0.25, -0.2) is 0 Å². The first-order chi connectivity index (χ1) is 25.2. The third-order valence-corrected chi connectivity index (χ3v) is 10.6. The zero-order chi connectivity index (χ0) is 37.0. The number of carbonyl (C=O) groups is 4. The summed E-state index contributed by atoms with van der Waals surface area (Å²) in [6.45, 7) is 9.09. The maximum Gasteiger partial charge on any atom is 0.313 e. The van der Waals surface area contributed by atoms with E-state index in [4.69, 9.17) is 14.2 Å². The van der Waals surface area contributed by atoms with Crippen LogP contribution < -0.4 is 10.2 Å². The number of hydrogen-bond acceptors (Lipinski definition) is 8. The third-order valence-electron chi connectivity index (χ3n) is 10.6. The number of hydrogen-bond donors (Lipinski definition) is 2. The molecule has 1 spiro atoms. The molecule has 3 heterocycles. The molecule has 3 saturated heterocycles. The van der Waals surface area contributed by atoms with Crippen molar-refractivity contribution in [3.05, 3.63) is 104 Å². The van der Waals surface area contributed by atoms with Crippen molar-refractivity contribution < 1.29 is 38.5 Å². The number of methoxy groups -OCH3 is 1. The Hall–Kier alpha value is -4.84. The number of nitrogens with zero attached hydrogens (tertiary/aromatic N) is 2. The number of aliphatic hydroxyl groups excluding tert-OH is 1. The highest BCUT2D eigenvalue weighted by molar-refractivity contribution is 6.05. The average Bonchev–Trinajstić information content (AvgIpc) is 3.81. The molecule has 3 aliphatic heterocycles. The van der Waals surface area contributed by atoms with Gasteiger partial charge in [-0.05, 0) is 54.7 Å². The monoisotopic (exact) mass is 709 g/mol. The average molecular weight is 710 g/mol. The molecule has 3 fully saturated rings. The van der Waals surface area contributed by atoms with Crippen molar-refractivity contribution in [2.24, 2.45) is 11.8 Å². The van der Waals surface area contributed by atoms with Crippen LogP contribution in [0.2, 0.25) is 0 Å². The summed E-state index contributed by atoms with van der Waals surface area (Å²) in [6.07, 6.45) is 3.14. The van der Waals surface area contributed by atoms with Crippen molar-refractivity contribution in [2.75, 3.05) is 31.8 Å². The molecule has 0 radical (unpaired) electrons. The van der Waals surface area contributed by atoms with E-state index in [1.807, 2.05) is 60.7 Å². The van der Waals surface area contributed by atoms with E-state index >= 15 is 0 Å². The van der Waals surface area contributed by atoms with E-state index in [0.717, 1.165) is 10.8 Å². The molecule has 8 atom stereocenters. The highest BCUT2D eigenvalue weighted by atomic mass is 16.6. The number of anilines is 1. The van der Waals surface area contributed by atoms with Crippen LogP contribution in [0.25, 0.3) is 10.8 Å². The summed E-state index contributed by atoms with van der Waals surface area (Å²) in [4.78, 5) is 59.8. The molecule has 52 heavy (non-hydrogen) atoms. The molecule has 11 nitrogen and oxygen atoms in total. The SMILES string of the molecule is C=CCCC(=O)N[C@@H](COC)[C@@H](OC(=O)[C@@H]1[C@@H]2CC[C@]3(O2)[C@H](C(=O)N(CC=C)c2ccc4ccccc4c2)N([C@H](C)CO)C(=O)[C@@H]13)c1ccccc1. The Bertz CT molecular complexity index is 1820. The van der Waals surface area contributed by atoms with E-state index < -0.39 is 66.3 Å². The van der Waals surface area contributed by atoms with E-state index in [1.165, 1.54) is 12.0 Å². The highest BCUT2D eigenvalue weighted by Gasteiger charge is 2.75. The molecule has 3 aromatic carbocycles. The number of aliphatic hydroxyl groups is 1. The molecule has 3 amide bonds. The van der Waals surface area contributed by atoms with Crippen LogP contribution in [-0.2, 0) is 33.4 Å². The summed E-state index contributed by atoms with van der Waals surface area (Å²) >= 11 is 0. The van der Waals surface area contributed by atoms with Crippen LogP contribution in [0.4, 0.5) is 5.69 Å². The lowest BCUT2D eigenvalue weighted by molar-refractivity contribution is -0.163. The number of ether oxygens (including phenoxy) is 3. The summed E-state index contributed by atoms with van der Waals surface area (Å²) < 4.78 is 18.4. The van der Waals surface area contributed by atoms with Crippen LogP contribution in [0.15, 0.2) is 98.1 Å². The van der Waals surface area contributed by atoms with Crippen LogP contribution in [0.3, 0.4) is 0 Å². The van der Waals surface area contributed by atoms with Gasteiger partial charge in [0.25, 0.3) is 5.91 Å². The molecule has 3 aliphatic rings. The largest absolute Gasteiger partial charge is 0.455 e. The number of rotatable bonds is 16. The lowest BCUT2D eigenvalue weighted by Gasteiger charge is -2.38. The Balaban J connectivity index is 1.35. The lowest BCUT2D eigenvalue weighted by Crippen LogP contribution is -2.58. The number of carbonyl (C=O) groups excluding carboxylic acids is 4. The van der Waals surface area contributed by atoms with Gasteiger partial charge in [-0.1, -0.05) is 72.8 Å². The van der Waals surface area contributed by atoms with Crippen LogP contribution in [-0.4, -0.2) is 90.4 Å². The van der Waals surface area contributed by atoms with Crippen molar-refractivity contribution in [1.29, 1.82) is 0 Å². The molecule has 2 N–H and O–H groups in total. The summed E-state index contributed by atoms with van der Waals surface area (Å²) in [6, 6.07) is 20.0. The molecule has 0 saturated carbocycles. The standard InChI is InChI=1S/C41H47N3O8/c1-5-7-17-33(46)42-31(25-50-4)36(28-14-9-8-10-15-28)51-40(49)34-32-20-21-41(52-32)35(34)38(47)44(26(3)24-45)37(41)39(48)43(22-6-2)30-19-18-27-13-11-12-16-29(27)23-30/h5-6,8-16,18-19,23,26,31-32,34-37,45H,1-2,7,17,20-22,24-25H2,3-4H3,(H,42,46)/t26-,31+,32+,34-,35-,36+,37+,41-/m1/s1. The number of allylic oxidation sites excluding steroid dienone is 1. The van der Waals surface area contributed by atoms with E-state index in [9.17, 15) is 24.3 Å². The molecule has 11 heteroatoms. The lowest BCUT2D eigenvalue weighted by atomic mass is 9.70. The topological polar surface area (TPSA) is 135 Å². The molecule has 6 rings (SSSR count). The fraction of sp³-hybridized carbons (Fsp3) is 0.415. The van der Waals surface area contributed by atoms with E-state index in [1.54, 1.807) is 36.1 Å². The van der Waals surface area contributed by atoms with Crippen molar-refractivity contribution in [1.82, 2.24) is 10.2 Å². The fourth-order valence-electron chi connectivity index (χ4n) is 8.27. The third kappa shape index (κ3) is 6.76. The van der Waals surface area contributed by atoms with Crippen molar-refractivity contribution in [3.8, 4) is 0 Å². The first-order valence-electron chi connectivity index (χ1n) is 17.9. The van der Waals surface area contributed by atoms with Crippen molar-refractivity contribution in [2.45, 2.75) is 68.5 Å². The highest BCUT2D eigenvalue weighted by Crippen LogP contribution is 2.59. The second-order valence-corrected chi connectivity index (χ2v) is 13.8. The number of nitrogens with one attached hydrogen (secondary N) is 1. The number of amides is 3. The summed E-state index contributed by atoms with van der Waals surface area (Å²) in [5.74, 6) is -3.79. The maximum atomic E-state index is 14.9. The Morgan fingerprint density at radius 2 is 1.81 bits per heavy atom. The van der Waals surface area contributed by atoms with Gasteiger partial charge in [-0.3, -0.25) is 19.2 Å². The molecule has 274 valence electrons. The quantitative estimate of drug-likeness (QED) is 0.164. The molecule has 0 unspecified atom stereocenters. The zero-order valence-electron chi connectivity index (χ0n) is 29.7. The second-order valence-electron chi connectivity index (χ2n) is 13.8. The van der Waals surface area contributed by atoms with Gasteiger partial charge < -0.3 is 34.4 Å². The predicted molar refractivity (Wildman–Crippen MR) is 196 cm³/mol. The van der Waals surface area contributed by atoms with Gasteiger partial charge in [0, 0.05) is 25.8 Å². The summed E-state index contributed by atoms with van der Waals surface area (Å²) in [5, 5.41) is 15.3. The first-order valence-corrected chi connectivity index (χ1v) is 17.9. The number of esters is 1. The van der Waals surface area contributed by atoms with Gasteiger partial charge in [0.1, 0.15) is 17.7 Å². The van der Waals surface area contributed by atoms with Crippen LogP contribution in [0.1, 0.15) is 44.3 Å². The van der Waals surface area contributed by atoms with Crippen LogP contribution in [0, 0.1) is 11.8 Å². The predicted octanol–water partition coefficient (Wildman–Crippen LogP) is 4.50. The molecule has 2 bridgehead atoms. The minimum Gasteiger partial charge on any atom is -0.455 e. The fourth-order valence-corrected chi connectivity index (χ4v) is 8.27. The Morgan fingerprint density at radius 3 is 2.50 bits per heavy atom. The van der Waals surface area contributed by atoms with Gasteiger partial charge in [-0.2, -0.15) is 0 Å². The first kappa shape index (κ1) is 36.9. The van der Waals surface area contributed by atoms with Gasteiger partial charge in [0.05, 0.1) is 43.2 Å². The molecule has 0 aromatic heterocycles. The van der Waals surface area contributed by atoms with Crippen LogP contribution >= 0.6 is 0 Å². The number of fused-ring (bicyclic) bond motifs is 2. The van der Waals surface area contributed by atoms with E-state index in [0.29, 0.717) is 30.5 Å². The Kier molecular flexibility index (Phi) is 11.2. The van der Waals surface area contributed by atoms with E-state index in [2.05, 4.69) is 18.5 Å². The molecule has 3 aromatic rings. The molecule has 0 aliphatic carbocycles. The summed E-state index contributed by atoms with van der Waals surface area (Å²) in [5.41, 5.74) is -0.0616. The van der Waals surface area contributed by atoms with E-state index in [-0.39, 0.29) is 31.4 Å². The maximum absolute atomic E-state index is 14.9. The van der Waals surface area contributed by atoms with Gasteiger partial charge in [0.2, 0.25) is 11.8 Å². The van der Waals surface area contributed by atoms with Gasteiger partial charge >= 0.3 is 5.97 Å². The Labute approximate surface area is 304 Å². The van der Waals surface area contributed by atoms with Gasteiger partial charge in [0.15, 0.2) is 0 Å². The Morgan fingerprint density at radius 1 is 1.08 bits per heavy atom. The van der Waals surface area contributed by atoms with Crippen molar-refractivity contribution in [3.63, 3.8) is 0 Å².